The summed E-state index contributed by atoms with van der Waals surface area (Å²) < 4.78 is 6.14. The molecule has 0 aliphatic heterocycles. The lowest BCUT2D eigenvalue weighted by atomic mass is 9.47. The molecule has 3 fully saturated rings. The molecule has 8 unspecified atom stereocenters. The van der Waals surface area contributed by atoms with Crippen molar-refractivity contribution in [3.05, 3.63) is 23.8 Å². The molecular formula is C47H82O2. The van der Waals surface area contributed by atoms with Crippen molar-refractivity contribution in [1.82, 2.24) is 0 Å². The normalized spacial score (nSPS) is 31.7. The van der Waals surface area contributed by atoms with Gasteiger partial charge in [-0.25, -0.2) is 0 Å². The fourth-order valence-electron chi connectivity index (χ4n) is 11.7. The van der Waals surface area contributed by atoms with Crippen LogP contribution in [0.2, 0.25) is 0 Å². The largest absolute Gasteiger partial charge is 0.462 e. The van der Waals surface area contributed by atoms with E-state index in [-0.39, 0.29) is 12.1 Å². The zero-order valence-electron chi connectivity index (χ0n) is 33.7. The van der Waals surface area contributed by atoms with Gasteiger partial charge in [0, 0.05) is 12.8 Å². The van der Waals surface area contributed by atoms with Gasteiger partial charge in [-0.05, 0) is 123 Å². The summed E-state index contributed by atoms with van der Waals surface area (Å²) in [7, 11) is 0. The van der Waals surface area contributed by atoms with Crippen LogP contribution in [0.5, 0.6) is 0 Å². The number of carbonyl (C=O) groups is 1. The fraction of sp³-hybridized carbons (Fsp3) is 0.894. The van der Waals surface area contributed by atoms with E-state index in [2.05, 4.69) is 59.8 Å². The first kappa shape index (κ1) is 40.7. The molecule has 49 heavy (non-hydrogen) atoms. The smallest absolute Gasteiger partial charge is 0.306 e. The minimum absolute atomic E-state index is 0.0589. The average molecular weight is 679 g/mol. The highest BCUT2D eigenvalue weighted by molar-refractivity contribution is 5.69. The van der Waals surface area contributed by atoms with Gasteiger partial charge in [0.25, 0.3) is 0 Å². The lowest BCUT2D eigenvalue weighted by molar-refractivity contribution is -0.151. The third kappa shape index (κ3) is 11.7. The molecule has 0 aromatic carbocycles. The van der Waals surface area contributed by atoms with Crippen LogP contribution < -0.4 is 0 Å². The van der Waals surface area contributed by atoms with Crippen LogP contribution in [0.4, 0.5) is 0 Å². The molecule has 4 aliphatic carbocycles. The summed E-state index contributed by atoms with van der Waals surface area (Å²) >= 11 is 0. The Kier molecular flexibility index (Phi) is 17.3. The summed E-state index contributed by atoms with van der Waals surface area (Å²) in [6, 6.07) is 0. The molecule has 0 saturated heterocycles. The first-order valence-electron chi connectivity index (χ1n) is 22.2. The van der Waals surface area contributed by atoms with Crippen LogP contribution in [0.15, 0.2) is 23.8 Å². The molecule has 0 heterocycles. The predicted octanol–water partition coefficient (Wildman–Crippen LogP) is 14.8. The van der Waals surface area contributed by atoms with Gasteiger partial charge in [-0.1, -0.05) is 149 Å². The maximum atomic E-state index is 12.8. The van der Waals surface area contributed by atoms with Crippen molar-refractivity contribution in [3.63, 3.8) is 0 Å². The van der Waals surface area contributed by atoms with Gasteiger partial charge in [0.2, 0.25) is 0 Å². The molecule has 0 aromatic heterocycles. The first-order chi connectivity index (χ1) is 23.7. The van der Waals surface area contributed by atoms with Gasteiger partial charge in [-0.3, -0.25) is 4.79 Å². The van der Waals surface area contributed by atoms with E-state index in [0.717, 1.165) is 54.8 Å². The molecule has 282 valence electrons. The number of unbranched alkanes of at least 4 members (excludes halogenated alkanes) is 13. The number of rotatable bonds is 23. The first-order valence-corrected chi connectivity index (χ1v) is 22.2. The Morgan fingerprint density at radius 1 is 0.776 bits per heavy atom. The van der Waals surface area contributed by atoms with Crippen LogP contribution in [0.3, 0.4) is 0 Å². The molecule has 0 bridgehead atoms. The van der Waals surface area contributed by atoms with Crippen molar-refractivity contribution in [1.29, 1.82) is 0 Å². The van der Waals surface area contributed by atoms with Gasteiger partial charge in [-0.15, -0.1) is 0 Å². The molecular weight excluding hydrogens is 597 g/mol. The monoisotopic (exact) mass is 679 g/mol. The van der Waals surface area contributed by atoms with E-state index < -0.39 is 0 Å². The molecule has 0 radical (unpaired) electrons. The van der Waals surface area contributed by atoms with E-state index in [4.69, 9.17) is 4.74 Å². The summed E-state index contributed by atoms with van der Waals surface area (Å²) in [6.07, 6.45) is 42.4. The Balaban J connectivity index is 1.08. The van der Waals surface area contributed by atoms with Crippen LogP contribution >= 0.6 is 0 Å². The van der Waals surface area contributed by atoms with E-state index in [1.807, 2.05) is 0 Å². The van der Waals surface area contributed by atoms with E-state index in [9.17, 15) is 4.79 Å². The van der Waals surface area contributed by atoms with Gasteiger partial charge < -0.3 is 4.74 Å². The number of carbonyl (C=O) groups excluding carboxylic acids is 1. The summed E-state index contributed by atoms with van der Waals surface area (Å²) in [5.74, 6) is 5.32. The van der Waals surface area contributed by atoms with Gasteiger partial charge >= 0.3 is 5.97 Å². The van der Waals surface area contributed by atoms with Gasteiger partial charge in [-0.2, -0.15) is 0 Å². The topological polar surface area (TPSA) is 26.3 Å². The van der Waals surface area contributed by atoms with E-state index in [1.54, 1.807) is 5.57 Å². The molecule has 0 spiro atoms. The van der Waals surface area contributed by atoms with Gasteiger partial charge in [0.05, 0.1) is 0 Å². The molecule has 4 rings (SSSR count). The third-order valence-electron chi connectivity index (χ3n) is 14.7. The molecule has 4 aliphatic rings. The van der Waals surface area contributed by atoms with Crippen molar-refractivity contribution < 1.29 is 9.53 Å². The zero-order chi connectivity index (χ0) is 35.1. The zero-order valence-corrected chi connectivity index (χ0v) is 33.7. The summed E-state index contributed by atoms with van der Waals surface area (Å²) in [6.45, 7) is 14.9. The van der Waals surface area contributed by atoms with Crippen molar-refractivity contribution in [2.75, 3.05) is 0 Å². The lowest BCUT2D eigenvalue weighted by Gasteiger charge is -2.58. The summed E-state index contributed by atoms with van der Waals surface area (Å²) in [5, 5.41) is 0. The Morgan fingerprint density at radius 3 is 2.10 bits per heavy atom. The van der Waals surface area contributed by atoms with Crippen molar-refractivity contribution in [3.8, 4) is 0 Å². The second-order valence-electron chi connectivity index (χ2n) is 18.7. The summed E-state index contributed by atoms with van der Waals surface area (Å²) in [4.78, 5) is 12.8. The van der Waals surface area contributed by atoms with Gasteiger partial charge in [0.1, 0.15) is 6.10 Å². The lowest BCUT2D eigenvalue weighted by Crippen LogP contribution is -2.51. The highest BCUT2D eigenvalue weighted by Gasteiger charge is 2.59. The quantitative estimate of drug-likeness (QED) is 0.0611. The van der Waals surface area contributed by atoms with E-state index in [0.29, 0.717) is 17.3 Å². The predicted molar refractivity (Wildman–Crippen MR) is 212 cm³/mol. The maximum absolute atomic E-state index is 12.8. The fourth-order valence-corrected chi connectivity index (χ4v) is 11.7. The number of ether oxygens (including phenoxy) is 1. The van der Waals surface area contributed by atoms with Gasteiger partial charge in [0.15, 0.2) is 0 Å². The molecule has 2 heteroatoms. The standard InChI is InChI=1S/C47H82O2/c1-7-8-9-10-11-12-13-14-15-16-17-18-19-20-21-22-23-27-45(48)49-40-32-34-46(5)39(36-40)28-29-41-43-31-30-42(38(4)26-24-25-37(2)3)47(43,6)35-33-44(41)46/h14-15,28,37-38,40-44H,7-13,16-27,29-36H2,1-6H3. The Labute approximate surface area is 305 Å². The molecule has 2 nitrogen and oxygen atoms in total. The molecule has 0 N–H and O–H groups in total. The molecule has 8 atom stereocenters. The Hall–Kier alpha value is -1.05. The number of esters is 1. The van der Waals surface area contributed by atoms with Crippen LogP contribution in [-0.4, -0.2) is 12.1 Å². The summed E-state index contributed by atoms with van der Waals surface area (Å²) in [5.41, 5.74) is 2.53. The molecule has 3 saturated carbocycles. The minimum Gasteiger partial charge on any atom is -0.462 e. The Morgan fingerprint density at radius 2 is 1.43 bits per heavy atom. The van der Waals surface area contributed by atoms with Crippen molar-refractivity contribution in [2.24, 2.45) is 46.3 Å². The second-order valence-corrected chi connectivity index (χ2v) is 18.7. The SMILES string of the molecule is CCCCCCCCC=CCCCCCCCCCC(=O)OC1CCC2(C)C(=CCC3C2CCC2(C)C(C(C)CCCC(C)C)CCC32)C1. The molecule has 0 amide bonds. The van der Waals surface area contributed by atoms with Crippen LogP contribution in [0, 0.1) is 46.3 Å². The average Bonchev–Trinajstić information content (AvgIpc) is 3.43. The number of hydrogen-bond donors (Lipinski definition) is 0. The van der Waals surface area contributed by atoms with Crippen molar-refractivity contribution in [2.45, 2.75) is 221 Å². The third-order valence-corrected chi connectivity index (χ3v) is 14.7. The van der Waals surface area contributed by atoms with E-state index in [1.165, 1.54) is 148 Å². The highest BCUT2D eigenvalue weighted by Crippen LogP contribution is 2.67. The van der Waals surface area contributed by atoms with Crippen LogP contribution in [0.25, 0.3) is 0 Å². The maximum Gasteiger partial charge on any atom is 0.306 e. The van der Waals surface area contributed by atoms with Crippen LogP contribution in [0.1, 0.15) is 215 Å². The van der Waals surface area contributed by atoms with Crippen molar-refractivity contribution >= 4 is 5.97 Å². The molecule has 0 aromatic rings. The second kappa shape index (κ2) is 20.9. The number of fused-ring (bicyclic) bond motifs is 5. The number of allylic oxidation sites excluding steroid dienone is 3. The minimum atomic E-state index is 0.0589. The Bertz CT molecular complexity index is 1010. The van der Waals surface area contributed by atoms with E-state index >= 15 is 0 Å². The highest BCUT2D eigenvalue weighted by atomic mass is 16.5. The van der Waals surface area contributed by atoms with Crippen LogP contribution in [-0.2, 0) is 9.53 Å². The number of hydrogen-bond acceptors (Lipinski definition) is 2.